The molecule has 0 aliphatic carbocycles. The highest BCUT2D eigenvalue weighted by Gasteiger charge is 2.35. The Kier molecular flexibility index (Phi) is 4.19. The summed E-state index contributed by atoms with van der Waals surface area (Å²) in [5, 5.41) is 2.80. The Morgan fingerprint density at radius 1 is 1.33 bits per heavy atom. The highest BCUT2D eigenvalue weighted by atomic mass is 32.2. The minimum absolute atomic E-state index is 0.00776. The fourth-order valence-corrected chi connectivity index (χ4v) is 4.02. The molecule has 2 aliphatic rings. The first-order valence-electron chi connectivity index (χ1n) is 7.39. The third-order valence-corrected chi connectivity index (χ3v) is 5.19. The lowest BCUT2D eigenvalue weighted by molar-refractivity contribution is -0.136. The van der Waals surface area contributed by atoms with Crippen LogP contribution >= 0.6 is 11.8 Å². The van der Waals surface area contributed by atoms with Crippen LogP contribution in [0.15, 0.2) is 24.3 Å². The van der Waals surface area contributed by atoms with Crippen molar-refractivity contribution >= 4 is 23.6 Å². The van der Waals surface area contributed by atoms with Gasteiger partial charge in [0.25, 0.3) is 0 Å². The molecule has 2 atom stereocenters. The molecular weight excluding hydrogens is 284 g/mol. The van der Waals surface area contributed by atoms with Crippen LogP contribution in [0.3, 0.4) is 0 Å². The van der Waals surface area contributed by atoms with Gasteiger partial charge in [-0.15, -0.1) is 0 Å². The predicted molar refractivity (Wildman–Crippen MR) is 84.1 cm³/mol. The van der Waals surface area contributed by atoms with Crippen LogP contribution in [0.4, 0.5) is 0 Å². The van der Waals surface area contributed by atoms with Gasteiger partial charge in [-0.1, -0.05) is 29.8 Å². The van der Waals surface area contributed by atoms with Crippen molar-refractivity contribution in [2.45, 2.75) is 31.8 Å². The van der Waals surface area contributed by atoms with Gasteiger partial charge in [0.05, 0.1) is 6.04 Å². The molecule has 0 spiro atoms. The predicted octanol–water partition coefficient (Wildman–Crippen LogP) is 1.89. The molecule has 2 amide bonds. The van der Waals surface area contributed by atoms with Gasteiger partial charge in [-0.2, -0.15) is 11.8 Å². The lowest BCUT2D eigenvalue weighted by Gasteiger charge is -2.37. The molecule has 2 saturated heterocycles. The van der Waals surface area contributed by atoms with Crippen LogP contribution in [0.1, 0.15) is 30.0 Å². The van der Waals surface area contributed by atoms with E-state index in [-0.39, 0.29) is 23.9 Å². The van der Waals surface area contributed by atoms with Crippen LogP contribution < -0.4 is 5.32 Å². The van der Waals surface area contributed by atoms with E-state index in [2.05, 4.69) is 36.5 Å². The Morgan fingerprint density at radius 3 is 2.76 bits per heavy atom. The molecule has 21 heavy (non-hydrogen) atoms. The zero-order valence-corrected chi connectivity index (χ0v) is 13.0. The summed E-state index contributed by atoms with van der Waals surface area (Å²) >= 11 is 1.89. The summed E-state index contributed by atoms with van der Waals surface area (Å²) in [5.41, 5.74) is 2.41. The van der Waals surface area contributed by atoms with E-state index in [0.29, 0.717) is 12.8 Å². The van der Waals surface area contributed by atoms with Crippen molar-refractivity contribution in [1.82, 2.24) is 10.2 Å². The molecule has 5 heteroatoms. The number of aryl methyl sites for hydroxylation is 1. The summed E-state index contributed by atoms with van der Waals surface area (Å²) in [6, 6.07) is 8.20. The summed E-state index contributed by atoms with van der Waals surface area (Å²) in [5.74, 6) is 1.96. The van der Waals surface area contributed by atoms with E-state index in [1.54, 1.807) is 0 Å². The normalized spacial score (nSPS) is 25.8. The Hall–Kier alpha value is -1.49. The molecule has 0 radical (unpaired) electrons. The van der Waals surface area contributed by atoms with Gasteiger partial charge in [0.1, 0.15) is 6.04 Å². The molecule has 1 N–H and O–H groups in total. The monoisotopic (exact) mass is 304 g/mol. The van der Waals surface area contributed by atoms with Crippen LogP contribution in [-0.4, -0.2) is 40.8 Å². The van der Waals surface area contributed by atoms with E-state index in [1.165, 1.54) is 11.1 Å². The molecule has 2 heterocycles. The standard InChI is InChI=1S/C16H20N2O2S/c1-11-2-4-12(5-3-11)14-10-21-9-8-18(14)16(20)13-6-7-15(19)17-13/h2-5,13-14H,6-10H2,1H3,(H,17,19). The third kappa shape index (κ3) is 3.07. The highest BCUT2D eigenvalue weighted by Crippen LogP contribution is 2.31. The first-order chi connectivity index (χ1) is 10.1. The van der Waals surface area contributed by atoms with E-state index < -0.39 is 0 Å². The van der Waals surface area contributed by atoms with Gasteiger partial charge in [0.2, 0.25) is 11.8 Å². The van der Waals surface area contributed by atoms with Crippen LogP contribution in [0.5, 0.6) is 0 Å². The van der Waals surface area contributed by atoms with Crippen molar-refractivity contribution in [3.05, 3.63) is 35.4 Å². The average molecular weight is 304 g/mol. The minimum atomic E-state index is -0.325. The molecule has 2 unspecified atom stereocenters. The fourth-order valence-electron chi connectivity index (χ4n) is 2.93. The van der Waals surface area contributed by atoms with E-state index in [1.807, 2.05) is 16.7 Å². The number of nitrogens with zero attached hydrogens (tertiary/aromatic N) is 1. The summed E-state index contributed by atoms with van der Waals surface area (Å²) in [7, 11) is 0. The molecule has 0 aromatic heterocycles. The number of thioether (sulfide) groups is 1. The largest absolute Gasteiger partial charge is 0.344 e. The van der Waals surface area contributed by atoms with E-state index >= 15 is 0 Å². The van der Waals surface area contributed by atoms with E-state index in [0.717, 1.165) is 18.1 Å². The number of carbonyl (C=O) groups is 2. The molecule has 2 aliphatic heterocycles. The van der Waals surface area contributed by atoms with Crippen molar-refractivity contribution < 1.29 is 9.59 Å². The molecule has 4 nitrogen and oxygen atoms in total. The first-order valence-corrected chi connectivity index (χ1v) is 8.55. The minimum Gasteiger partial charge on any atom is -0.344 e. The van der Waals surface area contributed by atoms with Crippen molar-refractivity contribution in [2.75, 3.05) is 18.1 Å². The smallest absolute Gasteiger partial charge is 0.245 e. The van der Waals surface area contributed by atoms with Crippen molar-refractivity contribution in [1.29, 1.82) is 0 Å². The van der Waals surface area contributed by atoms with Crippen molar-refractivity contribution in [3.63, 3.8) is 0 Å². The second-order valence-electron chi connectivity index (χ2n) is 5.69. The van der Waals surface area contributed by atoms with Gasteiger partial charge in [0, 0.05) is 24.5 Å². The van der Waals surface area contributed by atoms with Gasteiger partial charge in [-0.3, -0.25) is 9.59 Å². The Balaban J connectivity index is 1.79. The molecule has 2 fully saturated rings. The molecule has 112 valence electrons. The van der Waals surface area contributed by atoms with Crippen molar-refractivity contribution in [3.8, 4) is 0 Å². The van der Waals surface area contributed by atoms with Crippen LogP contribution in [0, 0.1) is 6.92 Å². The van der Waals surface area contributed by atoms with Gasteiger partial charge in [0.15, 0.2) is 0 Å². The van der Waals surface area contributed by atoms with Crippen LogP contribution in [0.25, 0.3) is 0 Å². The Bertz CT molecular complexity index is 544. The molecule has 0 bridgehead atoms. The number of carbonyl (C=O) groups excluding carboxylic acids is 2. The maximum Gasteiger partial charge on any atom is 0.245 e. The summed E-state index contributed by atoms with van der Waals surface area (Å²) in [6.07, 6.45) is 1.09. The SMILES string of the molecule is Cc1ccc(C2CSCCN2C(=O)C2CCC(=O)N2)cc1. The summed E-state index contributed by atoms with van der Waals surface area (Å²) in [6.45, 7) is 2.82. The quantitative estimate of drug-likeness (QED) is 0.908. The topological polar surface area (TPSA) is 49.4 Å². The van der Waals surface area contributed by atoms with Crippen molar-refractivity contribution in [2.24, 2.45) is 0 Å². The number of benzene rings is 1. The lowest BCUT2D eigenvalue weighted by atomic mass is 10.0. The third-order valence-electron chi connectivity index (χ3n) is 4.17. The molecule has 1 aromatic rings. The zero-order valence-electron chi connectivity index (χ0n) is 12.2. The number of hydrogen-bond donors (Lipinski definition) is 1. The van der Waals surface area contributed by atoms with Crippen LogP contribution in [-0.2, 0) is 9.59 Å². The summed E-state index contributed by atoms with van der Waals surface area (Å²) < 4.78 is 0. The van der Waals surface area contributed by atoms with Gasteiger partial charge < -0.3 is 10.2 Å². The number of nitrogens with one attached hydrogen (secondary N) is 1. The maximum absolute atomic E-state index is 12.7. The number of hydrogen-bond acceptors (Lipinski definition) is 3. The lowest BCUT2D eigenvalue weighted by Crippen LogP contribution is -2.49. The average Bonchev–Trinajstić information content (AvgIpc) is 2.94. The molecular formula is C16H20N2O2S. The maximum atomic E-state index is 12.7. The van der Waals surface area contributed by atoms with Crippen LogP contribution in [0.2, 0.25) is 0 Å². The molecule has 3 rings (SSSR count). The Labute approximate surface area is 129 Å². The van der Waals surface area contributed by atoms with Gasteiger partial charge in [-0.05, 0) is 18.9 Å². The zero-order chi connectivity index (χ0) is 14.8. The highest BCUT2D eigenvalue weighted by molar-refractivity contribution is 7.99. The Morgan fingerprint density at radius 2 is 2.10 bits per heavy atom. The fraction of sp³-hybridized carbons (Fsp3) is 0.500. The summed E-state index contributed by atoms with van der Waals surface area (Å²) in [4.78, 5) is 26.0. The van der Waals surface area contributed by atoms with Gasteiger partial charge >= 0.3 is 0 Å². The first kappa shape index (κ1) is 14.4. The van der Waals surface area contributed by atoms with E-state index in [4.69, 9.17) is 0 Å². The second kappa shape index (κ2) is 6.10. The number of amides is 2. The van der Waals surface area contributed by atoms with E-state index in [9.17, 15) is 9.59 Å². The van der Waals surface area contributed by atoms with Gasteiger partial charge in [-0.25, -0.2) is 0 Å². The molecule has 1 aromatic carbocycles. The molecule has 0 saturated carbocycles. The number of rotatable bonds is 2. The second-order valence-corrected chi connectivity index (χ2v) is 6.84.